The molecule has 15 heavy (non-hydrogen) atoms. The SMILES string of the molecule is COc1ccc2c(c1OC)C(=O)OC2Br. The number of cyclic esters (lactones) is 1. The zero-order valence-electron chi connectivity index (χ0n) is 8.24. The molecule has 0 N–H and O–H groups in total. The summed E-state index contributed by atoms with van der Waals surface area (Å²) in [6.07, 6.45) is 0. The second-order valence-electron chi connectivity index (χ2n) is 2.99. The largest absolute Gasteiger partial charge is 0.493 e. The van der Waals surface area contributed by atoms with Crippen molar-refractivity contribution in [1.82, 2.24) is 0 Å². The Balaban J connectivity index is 2.65. The van der Waals surface area contributed by atoms with Gasteiger partial charge in [0.25, 0.3) is 0 Å². The molecule has 4 nitrogen and oxygen atoms in total. The first-order valence-electron chi connectivity index (χ1n) is 4.29. The van der Waals surface area contributed by atoms with Crippen LogP contribution >= 0.6 is 15.9 Å². The van der Waals surface area contributed by atoms with E-state index < -0.39 is 11.0 Å². The van der Waals surface area contributed by atoms with Crippen LogP contribution in [0.15, 0.2) is 12.1 Å². The molecule has 80 valence electrons. The molecule has 0 saturated carbocycles. The van der Waals surface area contributed by atoms with Crippen molar-refractivity contribution in [3.05, 3.63) is 23.3 Å². The molecule has 1 aliphatic rings. The summed E-state index contributed by atoms with van der Waals surface area (Å²) in [4.78, 5) is 11.5. The minimum Gasteiger partial charge on any atom is -0.493 e. The number of alkyl halides is 1. The average molecular weight is 273 g/mol. The Morgan fingerprint density at radius 3 is 2.67 bits per heavy atom. The second kappa shape index (κ2) is 3.73. The van der Waals surface area contributed by atoms with Crippen molar-refractivity contribution in [2.24, 2.45) is 0 Å². The van der Waals surface area contributed by atoms with Crippen LogP contribution in [0.3, 0.4) is 0 Å². The predicted octanol–water partition coefficient (Wildman–Crippen LogP) is 2.27. The number of esters is 1. The van der Waals surface area contributed by atoms with E-state index in [1.54, 1.807) is 12.1 Å². The third-order valence-electron chi connectivity index (χ3n) is 2.24. The maximum Gasteiger partial charge on any atom is 0.344 e. The molecule has 1 aromatic rings. The molecule has 0 fully saturated rings. The standard InChI is InChI=1S/C10H9BrO4/c1-13-6-4-3-5-7(8(6)14-2)10(12)15-9(5)11/h3-4,9H,1-2H3. The fourth-order valence-corrected chi connectivity index (χ4v) is 2.11. The molecule has 1 aliphatic heterocycles. The number of ether oxygens (including phenoxy) is 3. The predicted molar refractivity (Wildman–Crippen MR) is 56.6 cm³/mol. The zero-order valence-corrected chi connectivity index (χ0v) is 9.83. The van der Waals surface area contributed by atoms with Crippen LogP contribution in [0.5, 0.6) is 11.5 Å². The molecule has 0 bridgehead atoms. The molecular formula is C10H9BrO4. The first-order valence-corrected chi connectivity index (χ1v) is 5.20. The summed E-state index contributed by atoms with van der Waals surface area (Å²) in [5.41, 5.74) is 1.19. The summed E-state index contributed by atoms with van der Waals surface area (Å²) in [6, 6.07) is 3.52. The number of hydrogen-bond acceptors (Lipinski definition) is 4. The molecule has 1 heterocycles. The van der Waals surface area contributed by atoms with Crippen LogP contribution in [0.25, 0.3) is 0 Å². The Hall–Kier alpha value is -1.23. The van der Waals surface area contributed by atoms with Crippen molar-refractivity contribution >= 4 is 21.9 Å². The molecule has 1 unspecified atom stereocenters. The highest BCUT2D eigenvalue weighted by atomic mass is 79.9. The number of rotatable bonds is 2. The normalized spacial score (nSPS) is 18.3. The van der Waals surface area contributed by atoms with Crippen molar-refractivity contribution in [2.45, 2.75) is 5.01 Å². The van der Waals surface area contributed by atoms with Crippen LogP contribution in [-0.4, -0.2) is 20.2 Å². The molecule has 0 radical (unpaired) electrons. The summed E-state index contributed by atoms with van der Waals surface area (Å²) in [6.45, 7) is 0. The summed E-state index contributed by atoms with van der Waals surface area (Å²) in [7, 11) is 3.02. The number of fused-ring (bicyclic) bond motifs is 1. The first-order chi connectivity index (χ1) is 7.19. The van der Waals surface area contributed by atoms with Crippen LogP contribution in [0.4, 0.5) is 0 Å². The first kappa shape index (κ1) is 10.3. The van der Waals surface area contributed by atoms with E-state index in [0.717, 1.165) is 5.56 Å². The van der Waals surface area contributed by atoms with Gasteiger partial charge in [0.15, 0.2) is 16.5 Å². The van der Waals surface area contributed by atoms with E-state index >= 15 is 0 Å². The smallest absolute Gasteiger partial charge is 0.344 e. The molecule has 2 rings (SSSR count). The van der Waals surface area contributed by atoms with Gasteiger partial charge in [-0.05, 0) is 28.1 Å². The number of hydrogen-bond donors (Lipinski definition) is 0. The van der Waals surface area contributed by atoms with Crippen LogP contribution in [-0.2, 0) is 4.74 Å². The molecule has 0 aliphatic carbocycles. The average Bonchev–Trinajstić information content (AvgIpc) is 2.53. The van der Waals surface area contributed by atoms with Gasteiger partial charge in [-0.2, -0.15) is 0 Å². The molecular weight excluding hydrogens is 264 g/mol. The number of carbonyl (C=O) groups is 1. The van der Waals surface area contributed by atoms with Crippen molar-refractivity contribution in [3.8, 4) is 11.5 Å². The van der Waals surface area contributed by atoms with E-state index in [-0.39, 0.29) is 0 Å². The van der Waals surface area contributed by atoms with Crippen molar-refractivity contribution in [3.63, 3.8) is 0 Å². The second-order valence-corrected chi connectivity index (χ2v) is 3.82. The lowest BCUT2D eigenvalue weighted by Gasteiger charge is -2.09. The van der Waals surface area contributed by atoms with Gasteiger partial charge in [0.05, 0.1) is 14.2 Å². The van der Waals surface area contributed by atoms with Crippen molar-refractivity contribution in [2.75, 3.05) is 14.2 Å². The van der Waals surface area contributed by atoms with Gasteiger partial charge in [0, 0.05) is 5.56 Å². The molecule has 0 saturated heterocycles. The molecule has 1 atom stereocenters. The zero-order chi connectivity index (χ0) is 11.0. The fraction of sp³-hybridized carbons (Fsp3) is 0.300. The molecule has 1 aromatic carbocycles. The van der Waals surface area contributed by atoms with E-state index in [1.165, 1.54) is 14.2 Å². The molecule has 0 aromatic heterocycles. The third-order valence-corrected chi connectivity index (χ3v) is 2.92. The van der Waals surface area contributed by atoms with Crippen LogP contribution in [0, 0.1) is 0 Å². The number of halogens is 1. The van der Waals surface area contributed by atoms with Gasteiger partial charge in [-0.1, -0.05) is 0 Å². The van der Waals surface area contributed by atoms with Gasteiger partial charge >= 0.3 is 5.97 Å². The third kappa shape index (κ3) is 1.47. The highest BCUT2D eigenvalue weighted by Gasteiger charge is 2.34. The quantitative estimate of drug-likeness (QED) is 0.612. The maximum absolute atomic E-state index is 11.5. The topological polar surface area (TPSA) is 44.8 Å². The lowest BCUT2D eigenvalue weighted by molar-refractivity contribution is 0.0528. The Morgan fingerprint density at radius 2 is 2.07 bits per heavy atom. The van der Waals surface area contributed by atoms with Gasteiger partial charge in [-0.15, -0.1) is 0 Å². The van der Waals surface area contributed by atoms with Gasteiger partial charge in [0.2, 0.25) is 0 Å². The fourth-order valence-electron chi connectivity index (χ4n) is 1.56. The van der Waals surface area contributed by atoms with E-state index in [0.29, 0.717) is 17.1 Å². The summed E-state index contributed by atoms with van der Waals surface area (Å²) in [5.74, 6) is 0.541. The van der Waals surface area contributed by atoms with Crippen LogP contribution in [0.2, 0.25) is 0 Å². The lowest BCUT2D eigenvalue weighted by atomic mass is 10.1. The Morgan fingerprint density at radius 1 is 1.33 bits per heavy atom. The number of benzene rings is 1. The highest BCUT2D eigenvalue weighted by molar-refractivity contribution is 9.09. The molecule has 0 amide bonds. The number of methoxy groups -OCH3 is 2. The Kier molecular flexibility index (Phi) is 2.56. The van der Waals surface area contributed by atoms with E-state index in [1.807, 2.05) is 0 Å². The lowest BCUT2D eigenvalue weighted by Crippen LogP contribution is -2.00. The van der Waals surface area contributed by atoms with Crippen LogP contribution in [0.1, 0.15) is 20.9 Å². The maximum atomic E-state index is 11.5. The summed E-state index contributed by atoms with van der Waals surface area (Å²) in [5, 5.41) is -0.403. The Labute approximate surface area is 95.3 Å². The minimum atomic E-state index is -0.403. The van der Waals surface area contributed by atoms with E-state index in [2.05, 4.69) is 15.9 Å². The van der Waals surface area contributed by atoms with E-state index in [4.69, 9.17) is 14.2 Å². The molecule has 5 heteroatoms. The highest BCUT2D eigenvalue weighted by Crippen LogP contribution is 2.43. The van der Waals surface area contributed by atoms with Gasteiger partial charge in [0.1, 0.15) is 5.56 Å². The van der Waals surface area contributed by atoms with Gasteiger partial charge in [-0.3, -0.25) is 0 Å². The monoisotopic (exact) mass is 272 g/mol. The van der Waals surface area contributed by atoms with Crippen LogP contribution < -0.4 is 9.47 Å². The summed E-state index contributed by atoms with van der Waals surface area (Å²) >= 11 is 3.25. The van der Waals surface area contributed by atoms with Crippen molar-refractivity contribution < 1.29 is 19.0 Å². The van der Waals surface area contributed by atoms with E-state index in [9.17, 15) is 4.79 Å². The van der Waals surface area contributed by atoms with Crippen molar-refractivity contribution in [1.29, 1.82) is 0 Å². The van der Waals surface area contributed by atoms with Gasteiger partial charge in [-0.25, -0.2) is 4.79 Å². The van der Waals surface area contributed by atoms with Gasteiger partial charge < -0.3 is 14.2 Å². The Bertz CT molecular complexity index is 416. The summed E-state index contributed by atoms with van der Waals surface area (Å²) < 4.78 is 15.3. The molecule has 0 spiro atoms. The minimum absolute atomic E-state index is 0.400. The number of carbonyl (C=O) groups excluding carboxylic acids is 1.